The zero-order valence-corrected chi connectivity index (χ0v) is 15.3. The fraction of sp³-hybridized carbons (Fsp3) is 0.273. The molecule has 144 valence electrons. The molecule has 2 aromatic rings. The maximum atomic E-state index is 12.5. The molecule has 1 fully saturated rings. The number of carbonyl (C=O) groups is 2. The number of aliphatic hydroxyl groups is 1. The maximum Gasteiger partial charge on any atom is 0.338 e. The normalized spacial score (nSPS) is 23.4. The van der Waals surface area contributed by atoms with Crippen molar-refractivity contribution in [1.82, 2.24) is 0 Å². The van der Waals surface area contributed by atoms with Crippen LogP contribution in [0.2, 0.25) is 0 Å². The number of hydrogen-bond donors (Lipinski definition) is 1. The molecule has 0 radical (unpaired) electrons. The van der Waals surface area contributed by atoms with Gasteiger partial charge < -0.3 is 19.3 Å². The van der Waals surface area contributed by atoms with Crippen molar-refractivity contribution in [3.8, 4) is 11.8 Å². The molecule has 28 heavy (non-hydrogen) atoms. The van der Waals surface area contributed by atoms with Gasteiger partial charge in [0.15, 0.2) is 11.7 Å². The zero-order chi connectivity index (χ0) is 20.0. The molecule has 1 heterocycles. The lowest BCUT2D eigenvalue weighted by Crippen LogP contribution is -2.47. The Bertz CT molecular complexity index is 883. The van der Waals surface area contributed by atoms with Crippen LogP contribution in [0.4, 0.5) is 0 Å². The second-order valence-electron chi connectivity index (χ2n) is 6.31. The van der Waals surface area contributed by atoms with Gasteiger partial charge in [0, 0.05) is 0 Å². The smallest absolute Gasteiger partial charge is 0.338 e. The van der Waals surface area contributed by atoms with Crippen LogP contribution in [-0.2, 0) is 14.2 Å². The third kappa shape index (κ3) is 4.39. The van der Waals surface area contributed by atoms with E-state index >= 15 is 0 Å². The first-order chi connectivity index (χ1) is 13.5. The molecule has 0 spiro atoms. The summed E-state index contributed by atoms with van der Waals surface area (Å²) in [4.78, 5) is 24.6. The minimum absolute atomic E-state index is 0.159. The Hall–Kier alpha value is -3.14. The van der Waals surface area contributed by atoms with Crippen molar-refractivity contribution < 1.29 is 28.9 Å². The van der Waals surface area contributed by atoms with Crippen LogP contribution in [0.5, 0.6) is 0 Å². The highest BCUT2D eigenvalue weighted by Crippen LogP contribution is 2.29. The lowest BCUT2D eigenvalue weighted by atomic mass is 9.97. The van der Waals surface area contributed by atoms with E-state index in [0.717, 1.165) is 0 Å². The van der Waals surface area contributed by atoms with Crippen LogP contribution in [0.3, 0.4) is 0 Å². The summed E-state index contributed by atoms with van der Waals surface area (Å²) in [6.07, 6.45) is -1.94. The molecule has 0 saturated carbocycles. The van der Waals surface area contributed by atoms with E-state index in [1.54, 1.807) is 67.6 Å². The molecule has 1 aliphatic heterocycles. The number of ether oxygens (including phenoxy) is 3. The number of carbonyl (C=O) groups excluding carboxylic acids is 2. The summed E-state index contributed by atoms with van der Waals surface area (Å²) in [5.41, 5.74) is -0.952. The monoisotopic (exact) mass is 380 g/mol. The largest absolute Gasteiger partial charge is 0.459 e. The Balaban J connectivity index is 1.72. The molecule has 0 bridgehead atoms. The predicted molar refractivity (Wildman–Crippen MR) is 101 cm³/mol. The number of benzene rings is 2. The van der Waals surface area contributed by atoms with Gasteiger partial charge in [-0.25, -0.2) is 9.59 Å². The summed E-state index contributed by atoms with van der Waals surface area (Å²) in [5, 5.41) is 10.8. The summed E-state index contributed by atoms with van der Waals surface area (Å²) in [5.74, 6) is 4.11. The molecule has 6 nitrogen and oxygen atoms in total. The topological polar surface area (TPSA) is 82.1 Å². The molecule has 2 aromatic carbocycles. The molecule has 3 rings (SSSR count). The minimum Gasteiger partial charge on any atom is -0.459 e. The van der Waals surface area contributed by atoms with Crippen molar-refractivity contribution in [2.24, 2.45) is 0 Å². The first-order valence-electron chi connectivity index (χ1n) is 8.79. The highest BCUT2D eigenvalue weighted by molar-refractivity contribution is 5.90. The highest BCUT2D eigenvalue weighted by Gasteiger charge is 2.51. The van der Waals surface area contributed by atoms with Crippen molar-refractivity contribution in [2.75, 3.05) is 13.2 Å². The van der Waals surface area contributed by atoms with Crippen LogP contribution in [0, 0.1) is 11.8 Å². The van der Waals surface area contributed by atoms with E-state index in [1.807, 2.05) is 0 Å². The number of rotatable bonds is 5. The summed E-state index contributed by atoms with van der Waals surface area (Å²) in [6.45, 7) is 1.22. The number of esters is 2. The first kappa shape index (κ1) is 19.6. The fourth-order valence-electron chi connectivity index (χ4n) is 2.92. The second-order valence-corrected chi connectivity index (χ2v) is 6.31. The summed E-state index contributed by atoms with van der Waals surface area (Å²) in [6, 6.07) is 16.9. The third-order valence-electron chi connectivity index (χ3n) is 4.30. The van der Waals surface area contributed by atoms with Gasteiger partial charge in [-0.1, -0.05) is 42.3 Å². The summed E-state index contributed by atoms with van der Waals surface area (Å²) >= 11 is 0. The third-order valence-corrected chi connectivity index (χ3v) is 4.30. The van der Waals surface area contributed by atoms with Gasteiger partial charge in [-0.2, -0.15) is 0 Å². The van der Waals surface area contributed by atoms with Crippen molar-refractivity contribution in [1.29, 1.82) is 0 Å². The average Bonchev–Trinajstić information content (AvgIpc) is 3.03. The van der Waals surface area contributed by atoms with E-state index in [0.29, 0.717) is 11.1 Å². The Kier molecular flexibility index (Phi) is 6.09. The molecule has 1 saturated heterocycles. The zero-order valence-electron chi connectivity index (χ0n) is 15.3. The lowest BCUT2D eigenvalue weighted by Gasteiger charge is -2.26. The van der Waals surface area contributed by atoms with E-state index in [1.165, 1.54) is 0 Å². The van der Waals surface area contributed by atoms with E-state index in [4.69, 9.17) is 14.2 Å². The van der Waals surface area contributed by atoms with Gasteiger partial charge in [0.1, 0.15) is 12.7 Å². The van der Waals surface area contributed by atoms with Crippen LogP contribution < -0.4 is 0 Å². The minimum atomic E-state index is -1.68. The standard InChI is InChI=1S/C22H20O6/c1-2-13-22(25)15-27-18(14-26-20(23)16-9-5-3-6-10-16)19(22)28-21(24)17-11-7-4-8-12-17/h3-12,18-19,25H,14-15H2,1H3. The first-order valence-corrected chi connectivity index (χ1v) is 8.79. The highest BCUT2D eigenvalue weighted by atomic mass is 16.6. The molecule has 6 heteroatoms. The molecule has 3 atom stereocenters. The Morgan fingerprint density at radius 1 is 1.07 bits per heavy atom. The van der Waals surface area contributed by atoms with Gasteiger partial charge in [-0.3, -0.25) is 0 Å². The Labute approximate surface area is 163 Å². The van der Waals surface area contributed by atoms with Gasteiger partial charge in [0.2, 0.25) is 0 Å². The van der Waals surface area contributed by atoms with Crippen LogP contribution in [0.1, 0.15) is 27.6 Å². The Morgan fingerprint density at radius 2 is 1.64 bits per heavy atom. The molecular weight excluding hydrogens is 360 g/mol. The maximum absolute atomic E-state index is 12.5. The van der Waals surface area contributed by atoms with Gasteiger partial charge in [0.05, 0.1) is 17.7 Å². The Morgan fingerprint density at radius 3 is 2.21 bits per heavy atom. The van der Waals surface area contributed by atoms with E-state index in [9.17, 15) is 14.7 Å². The molecule has 0 aromatic heterocycles. The van der Waals surface area contributed by atoms with E-state index in [-0.39, 0.29) is 13.2 Å². The SMILES string of the molecule is CC#CC1(O)COC(COC(=O)c2ccccc2)C1OC(=O)c1ccccc1. The molecule has 1 aliphatic rings. The van der Waals surface area contributed by atoms with E-state index in [2.05, 4.69) is 11.8 Å². The molecule has 0 amide bonds. The van der Waals surface area contributed by atoms with Gasteiger partial charge in [0.25, 0.3) is 0 Å². The van der Waals surface area contributed by atoms with E-state index < -0.39 is 29.7 Å². The van der Waals surface area contributed by atoms with Crippen LogP contribution in [0.25, 0.3) is 0 Å². The van der Waals surface area contributed by atoms with Crippen molar-refractivity contribution >= 4 is 11.9 Å². The molecular formula is C22H20O6. The van der Waals surface area contributed by atoms with Crippen molar-refractivity contribution in [3.63, 3.8) is 0 Å². The van der Waals surface area contributed by atoms with Crippen LogP contribution >= 0.6 is 0 Å². The average molecular weight is 380 g/mol. The fourth-order valence-corrected chi connectivity index (χ4v) is 2.92. The van der Waals surface area contributed by atoms with Gasteiger partial charge in [-0.15, -0.1) is 5.92 Å². The number of hydrogen-bond acceptors (Lipinski definition) is 6. The second kappa shape index (κ2) is 8.70. The quantitative estimate of drug-likeness (QED) is 0.633. The summed E-state index contributed by atoms with van der Waals surface area (Å²) in [7, 11) is 0. The van der Waals surface area contributed by atoms with Crippen molar-refractivity contribution in [3.05, 3.63) is 71.8 Å². The molecule has 3 unspecified atom stereocenters. The predicted octanol–water partition coefficient (Wildman–Crippen LogP) is 2.22. The van der Waals surface area contributed by atoms with Crippen molar-refractivity contribution in [2.45, 2.75) is 24.7 Å². The lowest BCUT2D eigenvalue weighted by molar-refractivity contribution is -0.0508. The van der Waals surface area contributed by atoms with Gasteiger partial charge in [-0.05, 0) is 31.2 Å². The summed E-state index contributed by atoms with van der Waals surface area (Å²) < 4.78 is 16.3. The van der Waals surface area contributed by atoms with Gasteiger partial charge >= 0.3 is 11.9 Å². The van der Waals surface area contributed by atoms with Crippen LogP contribution in [0.15, 0.2) is 60.7 Å². The van der Waals surface area contributed by atoms with Crippen LogP contribution in [-0.4, -0.2) is 48.1 Å². The molecule has 1 N–H and O–H groups in total. The molecule has 0 aliphatic carbocycles.